The smallest absolute Gasteiger partial charge is 0.150 e. The zero-order valence-corrected chi connectivity index (χ0v) is 11.8. The maximum atomic E-state index is 11.3. The maximum Gasteiger partial charge on any atom is 0.150 e. The van der Waals surface area contributed by atoms with Gasteiger partial charge in [0.05, 0.1) is 11.5 Å². The summed E-state index contributed by atoms with van der Waals surface area (Å²) in [6.07, 6.45) is 5.73. The Morgan fingerprint density at radius 1 is 1.06 bits per heavy atom. The first-order chi connectivity index (χ1) is 8.62. The molecule has 18 heavy (non-hydrogen) atoms. The van der Waals surface area contributed by atoms with Crippen molar-refractivity contribution in [1.29, 1.82) is 0 Å². The number of nitrogens with zero attached hydrogens (tertiary/aromatic N) is 1. The van der Waals surface area contributed by atoms with Crippen molar-refractivity contribution in [2.75, 3.05) is 31.1 Å². The molecule has 1 aliphatic carbocycles. The van der Waals surface area contributed by atoms with E-state index in [1.807, 2.05) is 0 Å². The molecule has 1 N–H and O–H groups in total. The van der Waals surface area contributed by atoms with Crippen molar-refractivity contribution in [1.82, 2.24) is 10.2 Å². The minimum absolute atomic E-state index is 0.379. The third-order valence-electron chi connectivity index (χ3n) is 4.63. The van der Waals surface area contributed by atoms with Crippen molar-refractivity contribution in [3.63, 3.8) is 0 Å². The van der Waals surface area contributed by atoms with Gasteiger partial charge < -0.3 is 10.2 Å². The van der Waals surface area contributed by atoms with E-state index in [4.69, 9.17) is 0 Å². The molecular weight excluding hydrogens is 248 g/mol. The van der Waals surface area contributed by atoms with Crippen LogP contribution in [0.15, 0.2) is 0 Å². The molecule has 0 radical (unpaired) electrons. The third-order valence-corrected chi connectivity index (χ3v) is 6.35. The molecule has 3 rings (SSSR count). The normalized spacial score (nSPS) is 33.9. The first kappa shape index (κ1) is 12.9. The molecule has 2 heterocycles. The van der Waals surface area contributed by atoms with Gasteiger partial charge in [0.1, 0.15) is 9.84 Å². The molecule has 4 nitrogen and oxygen atoms in total. The number of sulfone groups is 1. The van der Waals surface area contributed by atoms with Crippen LogP contribution in [-0.2, 0) is 9.84 Å². The van der Waals surface area contributed by atoms with Crippen molar-refractivity contribution < 1.29 is 8.42 Å². The van der Waals surface area contributed by atoms with Crippen LogP contribution in [0.3, 0.4) is 0 Å². The van der Waals surface area contributed by atoms with Gasteiger partial charge in [-0.2, -0.15) is 0 Å². The number of likely N-dealkylation sites (tertiary alicyclic amines) is 1. The summed E-state index contributed by atoms with van der Waals surface area (Å²) in [5, 5.41) is 3.59. The average molecular weight is 272 g/mol. The lowest BCUT2D eigenvalue weighted by molar-refractivity contribution is 0.308. The van der Waals surface area contributed by atoms with Crippen molar-refractivity contribution in [2.45, 2.75) is 44.2 Å². The van der Waals surface area contributed by atoms with Gasteiger partial charge in [0, 0.05) is 18.6 Å². The molecule has 0 amide bonds. The topological polar surface area (TPSA) is 49.4 Å². The van der Waals surface area contributed by atoms with Crippen molar-refractivity contribution in [3.8, 4) is 0 Å². The quantitative estimate of drug-likeness (QED) is 0.816. The summed E-state index contributed by atoms with van der Waals surface area (Å²) >= 11 is 0. The van der Waals surface area contributed by atoms with Crippen molar-refractivity contribution in [3.05, 3.63) is 0 Å². The van der Waals surface area contributed by atoms with Crippen LogP contribution in [0, 0.1) is 5.92 Å². The molecule has 1 unspecified atom stereocenters. The van der Waals surface area contributed by atoms with E-state index in [1.54, 1.807) is 0 Å². The van der Waals surface area contributed by atoms with Gasteiger partial charge in [0.2, 0.25) is 0 Å². The lowest BCUT2D eigenvalue weighted by Gasteiger charge is -2.24. The fourth-order valence-electron chi connectivity index (χ4n) is 3.23. The molecule has 1 atom stereocenters. The summed E-state index contributed by atoms with van der Waals surface area (Å²) in [6, 6.07) is 1.33. The fourth-order valence-corrected chi connectivity index (χ4v) is 4.72. The summed E-state index contributed by atoms with van der Waals surface area (Å²) in [5.41, 5.74) is 0. The Labute approximate surface area is 110 Å². The summed E-state index contributed by atoms with van der Waals surface area (Å²) in [6.45, 7) is 3.60. The summed E-state index contributed by atoms with van der Waals surface area (Å²) < 4.78 is 22.7. The Morgan fingerprint density at radius 3 is 2.44 bits per heavy atom. The van der Waals surface area contributed by atoms with E-state index in [9.17, 15) is 8.42 Å². The number of hydrogen-bond donors (Lipinski definition) is 1. The summed E-state index contributed by atoms with van der Waals surface area (Å²) in [4.78, 5) is 2.64. The summed E-state index contributed by atoms with van der Waals surface area (Å²) in [7, 11) is -2.71. The highest BCUT2D eigenvalue weighted by molar-refractivity contribution is 7.91. The molecule has 0 aromatic carbocycles. The van der Waals surface area contributed by atoms with Gasteiger partial charge in [-0.15, -0.1) is 0 Å². The van der Waals surface area contributed by atoms with E-state index in [1.165, 1.54) is 32.4 Å². The molecule has 3 aliphatic rings. The minimum atomic E-state index is -2.71. The minimum Gasteiger partial charge on any atom is -0.314 e. The zero-order chi connectivity index (χ0) is 12.6. The fraction of sp³-hybridized carbons (Fsp3) is 1.00. The molecule has 3 fully saturated rings. The van der Waals surface area contributed by atoms with Crippen LogP contribution >= 0.6 is 0 Å². The Bertz CT molecular complexity index is 378. The van der Waals surface area contributed by atoms with Gasteiger partial charge in [-0.3, -0.25) is 0 Å². The first-order valence-electron chi connectivity index (χ1n) is 7.30. The van der Waals surface area contributed by atoms with E-state index in [-0.39, 0.29) is 0 Å². The van der Waals surface area contributed by atoms with E-state index in [2.05, 4.69) is 10.2 Å². The van der Waals surface area contributed by atoms with E-state index in [0.717, 1.165) is 31.3 Å². The maximum absolute atomic E-state index is 11.3. The standard InChI is InChI=1S/C13H24N2O2S/c16-18(17)7-4-12(5-8-18)14-9-11-3-6-15(10-11)13-1-2-13/h11-14H,1-10H2. The molecule has 0 bridgehead atoms. The zero-order valence-electron chi connectivity index (χ0n) is 11.0. The number of rotatable bonds is 4. The molecule has 0 aromatic heterocycles. The Kier molecular flexibility index (Phi) is 3.65. The predicted octanol–water partition coefficient (Wildman–Crippen LogP) is 0.638. The second kappa shape index (κ2) is 5.10. The van der Waals surface area contributed by atoms with Gasteiger partial charge in [-0.05, 0) is 51.1 Å². The molecule has 2 aliphatic heterocycles. The molecular formula is C13H24N2O2S. The van der Waals surface area contributed by atoms with Gasteiger partial charge in [-0.1, -0.05) is 0 Å². The number of hydrogen-bond acceptors (Lipinski definition) is 4. The highest BCUT2D eigenvalue weighted by atomic mass is 32.2. The highest BCUT2D eigenvalue weighted by Crippen LogP contribution is 2.31. The molecule has 104 valence electrons. The van der Waals surface area contributed by atoms with Crippen LogP contribution in [0.5, 0.6) is 0 Å². The highest BCUT2D eigenvalue weighted by Gasteiger charge is 2.34. The van der Waals surface area contributed by atoms with Crippen LogP contribution in [0.4, 0.5) is 0 Å². The van der Waals surface area contributed by atoms with E-state index < -0.39 is 9.84 Å². The van der Waals surface area contributed by atoms with E-state index in [0.29, 0.717) is 17.5 Å². The molecule has 1 saturated carbocycles. The van der Waals surface area contributed by atoms with Crippen molar-refractivity contribution in [2.24, 2.45) is 5.92 Å². The molecule has 0 spiro atoms. The van der Waals surface area contributed by atoms with Gasteiger partial charge >= 0.3 is 0 Å². The Morgan fingerprint density at radius 2 is 1.78 bits per heavy atom. The van der Waals surface area contributed by atoms with Crippen LogP contribution in [0.25, 0.3) is 0 Å². The molecule has 2 saturated heterocycles. The van der Waals surface area contributed by atoms with E-state index >= 15 is 0 Å². The lowest BCUT2D eigenvalue weighted by Crippen LogP contribution is -2.40. The van der Waals surface area contributed by atoms with Crippen LogP contribution in [-0.4, -0.2) is 56.5 Å². The van der Waals surface area contributed by atoms with Gasteiger partial charge in [0.15, 0.2) is 0 Å². The van der Waals surface area contributed by atoms with Gasteiger partial charge in [0.25, 0.3) is 0 Å². The second-order valence-electron chi connectivity index (χ2n) is 6.22. The van der Waals surface area contributed by atoms with Crippen LogP contribution < -0.4 is 5.32 Å². The Hall–Kier alpha value is -0.130. The number of nitrogens with one attached hydrogen (secondary N) is 1. The predicted molar refractivity (Wildman–Crippen MR) is 72.4 cm³/mol. The van der Waals surface area contributed by atoms with Crippen molar-refractivity contribution >= 4 is 9.84 Å². The lowest BCUT2D eigenvalue weighted by atomic mass is 10.1. The average Bonchev–Trinajstić information content (AvgIpc) is 3.08. The second-order valence-corrected chi connectivity index (χ2v) is 8.52. The first-order valence-corrected chi connectivity index (χ1v) is 9.12. The van der Waals surface area contributed by atoms with Crippen LogP contribution in [0.1, 0.15) is 32.1 Å². The SMILES string of the molecule is O=S1(=O)CCC(NCC2CCN(C3CC3)C2)CC1. The third kappa shape index (κ3) is 3.25. The molecule has 5 heteroatoms. The summed E-state index contributed by atoms with van der Waals surface area (Å²) in [5.74, 6) is 1.54. The monoisotopic (exact) mass is 272 g/mol. The van der Waals surface area contributed by atoms with Crippen LogP contribution in [0.2, 0.25) is 0 Å². The molecule has 0 aromatic rings. The largest absolute Gasteiger partial charge is 0.314 e. The Balaban J connectivity index is 1.37. The van der Waals surface area contributed by atoms with Gasteiger partial charge in [-0.25, -0.2) is 8.42 Å².